The van der Waals surface area contributed by atoms with Gasteiger partial charge in [-0.25, -0.2) is 4.98 Å². The lowest BCUT2D eigenvalue weighted by Gasteiger charge is -2.01. The summed E-state index contributed by atoms with van der Waals surface area (Å²) in [4.78, 5) is 15.0. The van der Waals surface area contributed by atoms with Crippen molar-refractivity contribution in [2.75, 3.05) is 0 Å². The van der Waals surface area contributed by atoms with Gasteiger partial charge in [0.15, 0.2) is 0 Å². The molecule has 0 spiro atoms. The highest BCUT2D eigenvalue weighted by Crippen LogP contribution is 2.36. The molecule has 0 fully saturated rings. The van der Waals surface area contributed by atoms with Crippen molar-refractivity contribution in [2.24, 2.45) is 0 Å². The van der Waals surface area contributed by atoms with Crippen molar-refractivity contribution in [3.63, 3.8) is 0 Å². The maximum Gasteiger partial charge on any atom is 0.138 e. The molecule has 0 bridgehead atoms. The first-order valence-electron chi connectivity index (χ1n) is 9.71. The highest BCUT2D eigenvalue weighted by atomic mass is 32.1. The van der Waals surface area contributed by atoms with Crippen LogP contribution in [0.5, 0.6) is 0 Å². The lowest BCUT2D eigenvalue weighted by atomic mass is 10.1. The fourth-order valence-corrected chi connectivity index (χ4v) is 4.77. The molecule has 5 aromatic heterocycles. The molecule has 0 atom stereocenters. The van der Waals surface area contributed by atoms with Crippen molar-refractivity contribution in [2.45, 2.75) is 6.92 Å². The molecule has 2 N–H and O–H groups in total. The second-order valence-corrected chi connectivity index (χ2v) is 8.55. The third-order valence-electron chi connectivity index (χ3n) is 5.32. The lowest BCUT2D eigenvalue weighted by Crippen LogP contribution is -1.83. The summed E-state index contributed by atoms with van der Waals surface area (Å²) in [6.07, 6.45) is 3.67. The number of fused-ring (bicyclic) bond motifs is 2. The van der Waals surface area contributed by atoms with Crippen molar-refractivity contribution < 1.29 is 0 Å². The number of thiophene rings is 1. The van der Waals surface area contributed by atoms with Crippen LogP contribution in [0.3, 0.4) is 0 Å². The van der Waals surface area contributed by atoms with Crippen molar-refractivity contribution >= 4 is 33.3 Å². The van der Waals surface area contributed by atoms with Crippen LogP contribution in [0.4, 0.5) is 0 Å². The Balaban J connectivity index is 1.52. The number of aryl methyl sites for hydroxylation is 1. The maximum absolute atomic E-state index is 4.60. The van der Waals surface area contributed by atoms with E-state index in [2.05, 4.69) is 74.5 Å². The molecule has 0 saturated carbocycles. The average molecular weight is 408 g/mol. The summed E-state index contributed by atoms with van der Waals surface area (Å²) in [6.45, 7) is 2.13. The average Bonchev–Trinajstić information content (AvgIpc) is 3.51. The summed E-state index contributed by atoms with van der Waals surface area (Å²) in [6, 6.07) is 20.7. The van der Waals surface area contributed by atoms with Crippen LogP contribution >= 0.6 is 11.3 Å². The predicted molar refractivity (Wildman–Crippen MR) is 122 cm³/mol. The van der Waals surface area contributed by atoms with Crippen LogP contribution in [0, 0.1) is 6.92 Å². The van der Waals surface area contributed by atoms with Gasteiger partial charge in [0.05, 0.1) is 16.9 Å². The predicted octanol–water partition coefficient (Wildman–Crippen LogP) is 6.21. The molecule has 5 heterocycles. The van der Waals surface area contributed by atoms with Gasteiger partial charge < -0.3 is 4.98 Å². The van der Waals surface area contributed by atoms with Gasteiger partial charge in [-0.1, -0.05) is 12.1 Å². The van der Waals surface area contributed by atoms with Gasteiger partial charge in [0.25, 0.3) is 0 Å². The van der Waals surface area contributed by atoms with Crippen LogP contribution in [-0.2, 0) is 0 Å². The summed E-state index contributed by atoms with van der Waals surface area (Å²) >= 11 is 1.79. The van der Waals surface area contributed by atoms with Gasteiger partial charge in [-0.3, -0.25) is 10.1 Å². The Hall–Kier alpha value is -3.77. The molecule has 30 heavy (non-hydrogen) atoms. The van der Waals surface area contributed by atoms with Crippen molar-refractivity contribution in [1.29, 1.82) is 0 Å². The van der Waals surface area contributed by atoms with E-state index in [-0.39, 0.29) is 0 Å². The van der Waals surface area contributed by atoms with Crippen molar-refractivity contribution in [3.05, 3.63) is 77.9 Å². The van der Waals surface area contributed by atoms with E-state index in [0.29, 0.717) is 0 Å². The number of nitrogens with one attached hydrogen (secondary N) is 2. The van der Waals surface area contributed by atoms with Crippen LogP contribution in [0.2, 0.25) is 0 Å². The summed E-state index contributed by atoms with van der Waals surface area (Å²) in [5.41, 5.74) is 6.89. The van der Waals surface area contributed by atoms with Gasteiger partial charge in [-0.15, -0.1) is 11.3 Å². The third kappa shape index (κ3) is 2.73. The Morgan fingerprint density at radius 3 is 2.67 bits per heavy atom. The van der Waals surface area contributed by atoms with Crippen LogP contribution in [0.15, 0.2) is 73.1 Å². The van der Waals surface area contributed by atoms with Gasteiger partial charge in [-0.2, -0.15) is 5.10 Å². The Labute approximate surface area is 176 Å². The van der Waals surface area contributed by atoms with E-state index in [1.165, 1.54) is 15.3 Å². The number of nitrogens with zero attached hydrogens (tertiary/aromatic N) is 3. The molecule has 6 rings (SSSR count). The normalized spacial score (nSPS) is 11.5. The third-order valence-corrected chi connectivity index (χ3v) is 6.35. The lowest BCUT2D eigenvalue weighted by molar-refractivity contribution is 1.12. The largest absolute Gasteiger partial charge is 0.338 e. The molecular weight excluding hydrogens is 390 g/mol. The molecule has 5 nitrogen and oxygen atoms in total. The Bertz CT molecular complexity index is 1510. The number of hydrogen-bond donors (Lipinski definition) is 2. The number of benzene rings is 1. The SMILES string of the molecule is Cc1ccc(-c2ccnc3[nH]c(-c4n[nH]c5ccc(-c6ccccn6)cc45)cc23)s1. The van der Waals surface area contributed by atoms with E-state index in [9.17, 15) is 0 Å². The van der Waals surface area contributed by atoms with E-state index in [1.54, 1.807) is 11.3 Å². The molecule has 0 saturated heterocycles. The first-order valence-corrected chi connectivity index (χ1v) is 10.5. The summed E-state index contributed by atoms with van der Waals surface area (Å²) in [5.74, 6) is 0. The molecule has 0 radical (unpaired) electrons. The van der Waals surface area contributed by atoms with E-state index in [0.717, 1.165) is 44.6 Å². The zero-order valence-electron chi connectivity index (χ0n) is 16.2. The van der Waals surface area contributed by atoms with E-state index in [1.807, 2.05) is 30.6 Å². The Morgan fingerprint density at radius 2 is 1.83 bits per heavy atom. The zero-order valence-corrected chi connectivity index (χ0v) is 17.0. The second-order valence-electron chi connectivity index (χ2n) is 7.26. The monoisotopic (exact) mass is 407 g/mol. The zero-order chi connectivity index (χ0) is 20.1. The summed E-state index contributed by atoms with van der Waals surface area (Å²) < 4.78 is 0. The highest BCUT2D eigenvalue weighted by Gasteiger charge is 2.15. The van der Waals surface area contributed by atoms with Crippen molar-refractivity contribution in [1.82, 2.24) is 25.1 Å². The van der Waals surface area contributed by atoms with E-state index < -0.39 is 0 Å². The molecule has 0 aliphatic carbocycles. The minimum atomic E-state index is 0.866. The Kier molecular flexibility index (Phi) is 3.79. The molecule has 6 heteroatoms. The fraction of sp³-hybridized carbons (Fsp3) is 0.0417. The van der Waals surface area contributed by atoms with Crippen LogP contribution < -0.4 is 0 Å². The smallest absolute Gasteiger partial charge is 0.138 e. The minimum Gasteiger partial charge on any atom is -0.338 e. The quantitative estimate of drug-likeness (QED) is 0.367. The number of rotatable bonds is 3. The molecule has 144 valence electrons. The fourth-order valence-electron chi connectivity index (χ4n) is 3.86. The van der Waals surface area contributed by atoms with Gasteiger partial charge in [0.2, 0.25) is 0 Å². The second kappa shape index (κ2) is 6.64. The van der Waals surface area contributed by atoms with Gasteiger partial charge in [0, 0.05) is 44.0 Å². The number of H-pyrrole nitrogens is 2. The van der Waals surface area contributed by atoms with E-state index >= 15 is 0 Å². The first-order chi connectivity index (χ1) is 14.8. The van der Waals surface area contributed by atoms with Crippen LogP contribution in [0.1, 0.15) is 4.88 Å². The Morgan fingerprint density at radius 1 is 0.867 bits per heavy atom. The standard InChI is InChI=1S/C24H17N5S/c1-14-5-8-22(30-14)16-9-11-26-24-17(16)13-21(27-24)23-18-12-15(6-7-20(18)28-29-23)19-4-2-3-10-25-19/h2-13H,1H3,(H,26,27)(H,28,29). The van der Waals surface area contributed by atoms with Gasteiger partial charge in [-0.05, 0) is 55.5 Å². The molecule has 6 aromatic rings. The topological polar surface area (TPSA) is 70.2 Å². The number of pyridine rings is 2. The van der Waals surface area contributed by atoms with Crippen LogP contribution in [-0.4, -0.2) is 25.1 Å². The van der Waals surface area contributed by atoms with Gasteiger partial charge >= 0.3 is 0 Å². The molecular formula is C24H17N5S. The molecule has 0 unspecified atom stereocenters. The summed E-state index contributed by atoms with van der Waals surface area (Å²) in [7, 11) is 0. The molecule has 0 aliphatic rings. The number of aromatic amines is 2. The van der Waals surface area contributed by atoms with Crippen molar-refractivity contribution in [3.8, 4) is 33.1 Å². The van der Waals surface area contributed by atoms with Gasteiger partial charge in [0.1, 0.15) is 11.3 Å². The number of hydrogen-bond acceptors (Lipinski definition) is 4. The van der Waals surface area contributed by atoms with E-state index in [4.69, 9.17) is 0 Å². The molecule has 0 aliphatic heterocycles. The highest BCUT2D eigenvalue weighted by molar-refractivity contribution is 7.15. The molecule has 0 amide bonds. The first kappa shape index (κ1) is 17.1. The summed E-state index contributed by atoms with van der Waals surface area (Å²) in [5, 5.41) is 9.91. The molecule has 1 aromatic carbocycles. The van der Waals surface area contributed by atoms with Crippen LogP contribution in [0.25, 0.3) is 55.0 Å². The number of aromatic nitrogens is 5. The minimum absolute atomic E-state index is 0.866. The maximum atomic E-state index is 4.60.